The summed E-state index contributed by atoms with van der Waals surface area (Å²) in [5.41, 5.74) is 7.02. The fourth-order valence-corrected chi connectivity index (χ4v) is 1.52. The van der Waals surface area contributed by atoms with Crippen molar-refractivity contribution in [3.8, 4) is 0 Å². The molecule has 0 amide bonds. The third kappa shape index (κ3) is 3.90. The lowest BCUT2D eigenvalue weighted by Crippen LogP contribution is -2.19. The van der Waals surface area contributed by atoms with Gasteiger partial charge in [0.1, 0.15) is 0 Å². The van der Waals surface area contributed by atoms with E-state index in [-0.39, 0.29) is 0 Å². The highest BCUT2D eigenvalue weighted by molar-refractivity contribution is 5.14. The number of aryl methyl sites for hydroxylation is 1. The molecule has 0 heterocycles. The molecule has 0 aromatic heterocycles. The van der Waals surface area contributed by atoms with E-state index in [9.17, 15) is 0 Å². The molecule has 1 aromatic carbocycles. The molecule has 2 heteroatoms. The zero-order valence-electron chi connectivity index (χ0n) is 8.78. The molecule has 0 saturated heterocycles. The van der Waals surface area contributed by atoms with Crippen LogP contribution in [-0.4, -0.2) is 20.3 Å². The first-order chi connectivity index (χ1) is 6.86. The van der Waals surface area contributed by atoms with Crippen molar-refractivity contribution < 1.29 is 4.74 Å². The van der Waals surface area contributed by atoms with Crippen LogP contribution in [0.1, 0.15) is 12.0 Å². The van der Waals surface area contributed by atoms with E-state index >= 15 is 0 Å². The van der Waals surface area contributed by atoms with Crippen LogP contribution < -0.4 is 5.73 Å². The van der Waals surface area contributed by atoms with E-state index in [1.165, 1.54) is 5.56 Å². The summed E-state index contributed by atoms with van der Waals surface area (Å²) in [5, 5.41) is 0. The summed E-state index contributed by atoms with van der Waals surface area (Å²) in [6.07, 6.45) is 2.19. The Labute approximate surface area is 86.1 Å². The van der Waals surface area contributed by atoms with E-state index < -0.39 is 0 Å². The van der Waals surface area contributed by atoms with Gasteiger partial charge in [0.25, 0.3) is 0 Å². The average Bonchev–Trinajstić information content (AvgIpc) is 2.25. The van der Waals surface area contributed by atoms with Gasteiger partial charge in [0.2, 0.25) is 0 Å². The second-order valence-corrected chi connectivity index (χ2v) is 3.58. The van der Waals surface area contributed by atoms with Crippen LogP contribution in [0.5, 0.6) is 0 Å². The second kappa shape index (κ2) is 6.57. The molecule has 1 aromatic rings. The van der Waals surface area contributed by atoms with Crippen molar-refractivity contribution in [1.29, 1.82) is 0 Å². The van der Waals surface area contributed by atoms with Gasteiger partial charge in [-0.2, -0.15) is 0 Å². The van der Waals surface area contributed by atoms with Crippen molar-refractivity contribution in [3.05, 3.63) is 35.9 Å². The Morgan fingerprint density at radius 3 is 2.57 bits per heavy atom. The molecule has 0 aliphatic carbocycles. The number of benzene rings is 1. The summed E-state index contributed by atoms with van der Waals surface area (Å²) < 4.78 is 5.10. The number of nitrogens with two attached hydrogens (primary N) is 1. The summed E-state index contributed by atoms with van der Waals surface area (Å²) in [6, 6.07) is 10.5. The van der Waals surface area contributed by atoms with Crippen LogP contribution in [0, 0.1) is 5.92 Å². The standard InChI is InChI=1S/C12H19NO/c1-14-10-12(9-13)8-7-11-5-3-2-4-6-11/h2-6,12H,7-10,13H2,1H3. The van der Waals surface area contributed by atoms with Crippen molar-refractivity contribution in [3.63, 3.8) is 0 Å². The fraction of sp³-hybridized carbons (Fsp3) is 0.500. The van der Waals surface area contributed by atoms with E-state index in [1.54, 1.807) is 7.11 Å². The van der Waals surface area contributed by atoms with Gasteiger partial charge in [-0.1, -0.05) is 30.3 Å². The maximum atomic E-state index is 5.64. The molecule has 1 unspecified atom stereocenters. The molecule has 0 saturated carbocycles. The van der Waals surface area contributed by atoms with Gasteiger partial charge >= 0.3 is 0 Å². The normalized spacial score (nSPS) is 12.7. The predicted octanol–water partition coefficient (Wildman–Crippen LogP) is 1.84. The highest BCUT2D eigenvalue weighted by Crippen LogP contribution is 2.09. The largest absolute Gasteiger partial charge is 0.384 e. The van der Waals surface area contributed by atoms with Crippen LogP contribution in [0.3, 0.4) is 0 Å². The Morgan fingerprint density at radius 1 is 1.29 bits per heavy atom. The van der Waals surface area contributed by atoms with Gasteiger partial charge in [0.15, 0.2) is 0 Å². The van der Waals surface area contributed by atoms with Crippen molar-refractivity contribution >= 4 is 0 Å². The Hall–Kier alpha value is -0.860. The molecule has 0 fully saturated rings. The van der Waals surface area contributed by atoms with E-state index in [0.717, 1.165) is 19.4 Å². The lowest BCUT2D eigenvalue weighted by atomic mass is 10.0. The van der Waals surface area contributed by atoms with Crippen LogP contribution in [0.2, 0.25) is 0 Å². The van der Waals surface area contributed by atoms with Gasteiger partial charge in [0, 0.05) is 7.11 Å². The lowest BCUT2D eigenvalue weighted by molar-refractivity contribution is 0.151. The maximum Gasteiger partial charge on any atom is 0.0502 e. The molecule has 0 bridgehead atoms. The monoisotopic (exact) mass is 193 g/mol. The first-order valence-electron chi connectivity index (χ1n) is 5.09. The van der Waals surface area contributed by atoms with Crippen molar-refractivity contribution in [2.75, 3.05) is 20.3 Å². The molecule has 0 aliphatic heterocycles. The minimum Gasteiger partial charge on any atom is -0.384 e. The highest BCUT2D eigenvalue weighted by Gasteiger charge is 2.05. The summed E-state index contributed by atoms with van der Waals surface area (Å²) in [4.78, 5) is 0. The number of ether oxygens (including phenoxy) is 1. The Bertz CT molecular complexity index is 235. The van der Waals surface area contributed by atoms with E-state index in [2.05, 4.69) is 24.3 Å². The van der Waals surface area contributed by atoms with E-state index in [1.807, 2.05) is 6.07 Å². The molecule has 14 heavy (non-hydrogen) atoms. The third-order valence-corrected chi connectivity index (χ3v) is 2.42. The smallest absolute Gasteiger partial charge is 0.0502 e. The van der Waals surface area contributed by atoms with Crippen molar-refractivity contribution in [1.82, 2.24) is 0 Å². The van der Waals surface area contributed by atoms with Crippen molar-refractivity contribution in [2.45, 2.75) is 12.8 Å². The zero-order chi connectivity index (χ0) is 10.2. The van der Waals surface area contributed by atoms with Gasteiger partial charge in [-0.25, -0.2) is 0 Å². The molecule has 1 rings (SSSR count). The summed E-state index contributed by atoms with van der Waals surface area (Å²) in [6.45, 7) is 1.48. The zero-order valence-corrected chi connectivity index (χ0v) is 8.78. The van der Waals surface area contributed by atoms with Crippen LogP contribution in [0.15, 0.2) is 30.3 Å². The summed E-state index contributed by atoms with van der Waals surface area (Å²) >= 11 is 0. The quantitative estimate of drug-likeness (QED) is 0.748. The summed E-state index contributed by atoms with van der Waals surface area (Å²) in [5.74, 6) is 0.486. The summed E-state index contributed by atoms with van der Waals surface area (Å²) in [7, 11) is 1.73. The van der Waals surface area contributed by atoms with Crippen LogP contribution in [0.25, 0.3) is 0 Å². The first-order valence-corrected chi connectivity index (χ1v) is 5.09. The first kappa shape index (κ1) is 11.2. The SMILES string of the molecule is COCC(CN)CCc1ccccc1. The van der Waals surface area contributed by atoms with E-state index in [0.29, 0.717) is 12.5 Å². The maximum absolute atomic E-state index is 5.64. The van der Waals surface area contributed by atoms with Gasteiger partial charge in [-0.15, -0.1) is 0 Å². The average molecular weight is 193 g/mol. The highest BCUT2D eigenvalue weighted by atomic mass is 16.5. The minimum absolute atomic E-state index is 0.486. The topological polar surface area (TPSA) is 35.2 Å². The van der Waals surface area contributed by atoms with Crippen LogP contribution in [-0.2, 0) is 11.2 Å². The third-order valence-electron chi connectivity index (χ3n) is 2.42. The van der Waals surface area contributed by atoms with Crippen LogP contribution in [0.4, 0.5) is 0 Å². The Kier molecular flexibility index (Phi) is 5.27. The molecule has 0 aliphatic rings. The van der Waals surface area contributed by atoms with Crippen LogP contribution >= 0.6 is 0 Å². The van der Waals surface area contributed by atoms with Gasteiger partial charge in [-0.3, -0.25) is 0 Å². The molecule has 2 nitrogen and oxygen atoms in total. The number of rotatable bonds is 6. The molecule has 0 radical (unpaired) electrons. The molecule has 0 spiro atoms. The lowest BCUT2D eigenvalue weighted by Gasteiger charge is -2.12. The Balaban J connectivity index is 2.32. The molecule has 2 N–H and O–H groups in total. The number of hydrogen-bond donors (Lipinski definition) is 1. The number of methoxy groups -OCH3 is 1. The molecular formula is C12H19NO. The Morgan fingerprint density at radius 2 is 2.00 bits per heavy atom. The second-order valence-electron chi connectivity index (χ2n) is 3.58. The molecule has 78 valence electrons. The predicted molar refractivity (Wildman–Crippen MR) is 59.2 cm³/mol. The molecular weight excluding hydrogens is 174 g/mol. The van der Waals surface area contributed by atoms with E-state index in [4.69, 9.17) is 10.5 Å². The fourth-order valence-electron chi connectivity index (χ4n) is 1.52. The van der Waals surface area contributed by atoms with Gasteiger partial charge in [-0.05, 0) is 30.9 Å². The molecule has 1 atom stereocenters. The number of hydrogen-bond acceptors (Lipinski definition) is 2. The minimum atomic E-state index is 0.486. The van der Waals surface area contributed by atoms with Gasteiger partial charge in [0.05, 0.1) is 6.61 Å². The van der Waals surface area contributed by atoms with Gasteiger partial charge < -0.3 is 10.5 Å². The van der Waals surface area contributed by atoms with Crippen molar-refractivity contribution in [2.24, 2.45) is 11.7 Å².